The molecule has 112 valence electrons. The summed E-state index contributed by atoms with van der Waals surface area (Å²) in [5, 5.41) is 3.15. The van der Waals surface area contributed by atoms with Crippen molar-refractivity contribution in [2.24, 2.45) is 0 Å². The molecule has 2 aromatic rings. The summed E-state index contributed by atoms with van der Waals surface area (Å²) in [6.45, 7) is 3.48. The summed E-state index contributed by atoms with van der Waals surface area (Å²) in [5.41, 5.74) is 1.30. The van der Waals surface area contributed by atoms with Crippen LogP contribution in [0.3, 0.4) is 0 Å². The zero-order valence-corrected chi connectivity index (χ0v) is 12.8. The van der Waals surface area contributed by atoms with E-state index in [1.807, 2.05) is 6.92 Å². The molecule has 1 N–H and O–H groups in total. The van der Waals surface area contributed by atoms with Gasteiger partial charge in [0.25, 0.3) is 0 Å². The Labute approximate surface area is 124 Å². The van der Waals surface area contributed by atoms with Crippen LogP contribution < -0.4 is 5.32 Å². The minimum absolute atomic E-state index is 0.0417. The van der Waals surface area contributed by atoms with Crippen LogP contribution in [0.25, 0.3) is 0 Å². The highest BCUT2D eigenvalue weighted by Gasteiger charge is 2.17. The number of hydrogen-bond donors (Lipinski definition) is 1. The third kappa shape index (κ3) is 3.61. The van der Waals surface area contributed by atoms with Crippen molar-refractivity contribution < 1.29 is 12.8 Å². The average molecular weight is 307 g/mol. The molecule has 0 aliphatic heterocycles. The lowest BCUT2D eigenvalue weighted by Crippen LogP contribution is -2.12. The highest BCUT2D eigenvalue weighted by atomic mass is 32.2. The molecular weight excluding hydrogens is 289 g/mol. The molecule has 21 heavy (non-hydrogen) atoms. The van der Waals surface area contributed by atoms with E-state index in [0.717, 1.165) is 5.56 Å². The van der Waals surface area contributed by atoms with Gasteiger partial charge < -0.3 is 5.32 Å². The predicted molar refractivity (Wildman–Crippen MR) is 82.6 cm³/mol. The third-order valence-electron chi connectivity index (χ3n) is 3.32. The fourth-order valence-electron chi connectivity index (χ4n) is 2.11. The van der Waals surface area contributed by atoms with Crippen molar-refractivity contribution in [1.82, 2.24) is 0 Å². The molecule has 3 nitrogen and oxygen atoms in total. The lowest BCUT2D eigenvalue weighted by Gasteiger charge is -2.18. The molecule has 0 aliphatic carbocycles. The van der Waals surface area contributed by atoms with E-state index in [9.17, 15) is 12.8 Å². The third-order valence-corrected chi connectivity index (χ3v) is 5.11. The summed E-state index contributed by atoms with van der Waals surface area (Å²) in [6.07, 6.45) is 0. The Hall–Kier alpha value is -1.88. The highest BCUT2D eigenvalue weighted by molar-refractivity contribution is 7.91. The molecule has 0 fully saturated rings. The van der Waals surface area contributed by atoms with Crippen LogP contribution >= 0.6 is 0 Å². The second kappa shape index (κ2) is 6.26. The number of rotatable bonds is 5. The van der Waals surface area contributed by atoms with E-state index in [1.165, 1.54) is 12.1 Å². The van der Waals surface area contributed by atoms with Crippen LogP contribution in [0.15, 0.2) is 53.4 Å². The van der Waals surface area contributed by atoms with Gasteiger partial charge in [-0.3, -0.25) is 0 Å². The van der Waals surface area contributed by atoms with E-state index in [1.54, 1.807) is 43.3 Å². The zero-order chi connectivity index (χ0) is 15.5. The molecule has 0 saturated heterocycles. The SMILES string of the molecule is CCS(=O)(=O)c1ccccc1NC(C)c1cccc(F)c1. The Bertz CT molecular complexity index is 729. The van der Waals surface area contributed by atoms with Gasteiger partial charge in [0.15, 0.2) is 9.84 Å². The molecule has 2 rings (SSSR count). The number of hydrogen-bond acceptors (Lipinski definition) is 3. The number of halogens is 1. The molecule has 0 radical (unpaired) electrons. The maximum atomic E-state index is 13.3. The molecule has 0 saturated carbocycles. The molecule has 0 aliphatic rings. The van der Waals surface area contributed by atoms with Gasteiger partial charge in [0, 0.05) is 6.04 Å². The largest absolute Gasteiger partial charge is 0.377 e. The van der Waals surface area contributed by atoms with Crippen LogP contribution in [0.2, 0.25) is 0 Å². The molecule has 1 unspecified atom stereocenters. The highest BCUT2D eigenvalue weighted by Crippen LogP contribution is 2.26. The number of anilines is 1. The number of sulfone groups is 1. The minimum atomic E-state index is -3.30. The van der Waals surface area contributed by atoms with Crippen LogP contribution in [-0.4, -0.2) is 14.2 Å². The molecule has 0 aromatic heterocycles. The summed E-state index contributed by atoms with van der Waals surface area (Å²) >= 11 is 0. The maximum absolute atomic E-state index is 13.3. The number of benzene rings is 2. The molecule has 1 atom stereocenters. The van der Waals surface area contributed by atoms with E-state index in [0.29, 0.717) is 5.69 Å². The van der Waals surface area contributed by atoms with Gasteiger partial charge in [-0.1, -0.05) is 31.2 Å². The second-order valence-corrected chi connectivity index (χ2v) is 7.07. The van der Waals surface area contributed by atoms with Crippen LogP contribution in [0.1, 0.15) is 25.5 Å². The number of nitrogens with one attached hydrogen (secondary N) is 1. The van der Waals surface area contributed by atoms with Gasteiger partial charge in [0.1, 0.15) is 5.82 Å². The van der Waals surface area contributed by atoms with Crippen LogP contribution in [0.4, 0.5) is 10.1 Å². The lowest BCUT2D eigenvalue weighted by molar-refractivity contribution is 0.597. The van der Waals surface area contributed by atoms with E-state index in [-0.39, 0.29) is 22.5 Å². The summed E-state index contributed by atoms with van der Waals surface area (Å²) in [5.74, 6) is -0.268. The quantitative estimate of drug-likeness (QED) is 0.914. The summed E-state index contributed by atoms with van der Waals surface area (Å²) in [4.78, 5) is 0.274. The van der Waals surface area contributed by atoms with Gasteiger partial charge in [-0.15, -0.1) is 0 Å². The number of para-hydroxylation sites is 1. The zero-order valence-electron chi connectivity index (χ0n) is 12.0. The molecule has 2 aromatic carbocycles. The Kier molecular flexibility index (Phi) is 4.63. The van der Waals surface area contributed by atoms with Gasteiger partial charge in [-0.2, -0.15) is 0 Å². The molecule has 0 spiro atoms. The first-order valence-corrected chi connectivity index (χ1v) is 8.43. The van der Waals surface area contributed by atoms with Crippen molar-refractivity contribution >= 4 is 15.5 Å². The van der Waals surface area contributed by atoms with Gasteiger partial charge in [0.05, 0.1) is 16.3 Å². The predicted octanol–water partition coefficient (Wildman–Crippen LogP) is 3.79. The topological polar surface area (TPSA) is 46.2 Å². The van der Waals surface area contributed by atoms with Gasteiger partial charge in [-0.25, -0.2) is 12.8 Å². The minimum Gasteiger partial charge on any atom is -0.377 e. The fourth-order valence-corrected chi connectivity index (χ4v) is 3.16. The Morgan fingerprint density at radius 2 is 1.86 bits per heavy atom. The molecule has 0 heterocycles. The normalized spacial score (nSPS) is 12.9. The molecular formula is C16H18FNO2S. The fraction of sp³-hybridized carbons (Fsp3) is 0.250. The first-order valence-electron chi connectivity index (χ1n) is 6.78. The summed E-state index contributed by atoms with van der Waals surface area (Å²) < 4.78 is 37.5. The van der Waals surface area contributed by atoms with Crippen molar-refractivity contribution in [2.75, 3.05) is 11.1 Å². The smallest absolute Gasteiger partial charge is 0.180 e. The van der Waals surface area contributed by atoms with E-state index in [4.69, 9.17) is 0 Å². The lowest BCUT2D eigenvalue weighted by atomic mass is 10.1. The molecule has 0 bridgehead atoms. The van der Waals surface area contributed by atoms with Gasteiger partial charge in [0.2, 0.25) is 0 Å². The second-order valence-electron chi connectivity index (χ2n) is 4.82. The van der Waals surface area contributed by atoms with Crippen molar-refractivity contribution in [1.29, 1.82) is 0 Å². The van der Waals surface area contributed by atoms with E-state index in [2.05, 4.69) is 5.32 Å². The van der Waals surface area contributed by atoms with Crippen LogP contribution in [0, 0.1) is 5.82 Å². The van der Waals surface area contributed by atoms with Crippen LogP contribution in [-0.2, 0) is 9.84 Å². The van der Waals surface area contributed by atoms with Crippen LogP contribution in [0.5, 0.6) is 0 Å². The maximum Gasteiger partial charge on any atom is 0.180 e. The van der Waals surface area contributed by atoms with Gasteiger partial charge in [-0.05, 0) is 36.8 Å². The Balaban J connectivity index is 2.32. The van der Waals surface area contributed by atoms with Crippen molar-refractivity contribution in [3.8, 4) is 0 Å². The summed E-state index contributed by atoms with van der Waals surface area (Å²) in [7, 11) is -3.30. The Morgan fingerprint density at radius 1 is 1.14 bits per heavy atom. The first-order chi connectivity index (χ1) is 9.94. The van der Waals surface area contributed by atoms with Crippen molar-refractivity contribution in [2.45, 2.75) is 24.8 Å². The molecule has 5 heteroatoms. The van der Waals surface area contributed by atoms with Crippen molar-refractivity contribution in [3.63, 3.8) is 0 Å². The first kappa shape index (κ1) is 15.5. The standard InChI is InChI=1S/C16H18FNO2S/c1-3-21(19,20)16-10-5-4-9-15(16)18-12(2)13-7-6-8-14(17)11-13/h4-12,18H,3H2,1-2H3. The van der Waals surface area contributed by atoms with Crippen molar-refractivity contribution in [3.05, 3.63) is 59.9 Å². The van der Waals surface area contributed by atoms with E-state index < -0.39 is 9.84 Å². The Morgan fingerprint density at radius 3 is 2.52 bits per heavy atom. The van der Waals surface area contributed by atoms with Gasteiger partial charge >= 0.3 is 0 Å². The summed E-state index contributed by atoms with van der Waals surface area (Å²) in [6, 6.07) is 12.8. The average Bonchev–Trinajstić information content (AvgIpc) is 2.47. The molecule has 0 amide bonds. The monoisotopic (exact) mass is 307 g/mol. The van der Waals surface area contributed by atoms with E-state index >= 15 is 0 Å².